The summed E-state index contributed by atoms with van der Waals surface area (Å²) < 4.78 is 28.7. The molecule has 0 aromatic rings. The Hall–Kier alpha value is -0.220. The Morgan fingerprint density at radius 3 is 2.50 bits per heavy atom. The van der Waals surface area contributed by atoms with Gasteiger partial charge in [0.25, 0.3) is 6.43 Å². The van der Waals surface area contributed by atoms with Crippen LogP contribution in [0.15, 0.2) is 0 Å². The van der Waals surface area contributed by atoms with Gasteiger partial charge in [-0.15, -0.1) is 0 Å². The Bertz CT molecular complexity index is 101. The average molecular weight is 181 g/mol. The van der Waals surface area contributed by atoms with Gasteiger partial charge in [-0.3, -0.25) is 0 Å². The highest BCUT2D eigenvalue weighted by Gasteiger charge is 2.12. The van der Waals surface area contributed by atoms with Gasteiger partial charge in [0.1, 0.15) is 0 Å². The lowest BCUT2D eigenvalue weighted by Crippen LogP contribution is -2.33. The fraction of sp³-hybridized carbons (Fsp3) is 1.00. The van der Waals surface area contributed by atoms with Gasteiger partial charge in [0, 0.05) is 13.7 Å². The fourth-order valence-electron chi connectivity index (χ4n) is 0.790. The number of nitrogens with one attached hydrogen (secondary N) is 1. The second-order valence-corrected chi connectivity index (χ2v) is 2.78. The third-order valence-corrected chi connectivity index (χ3v) is 1.62. The molecule has 0 bridgehead atoms. The first-order valence-electron chi connectivity index (χ1n) is 4.19. The van der Waals surface area contributed by atoms with E-state index in [1.165, 1.54) is 6.92 Å². The predicted molar refractivity (Wildman–Crippen MR) is 44.6 cm³/mol. The van der Waals surface area contributed by atoms with Crippen LogP contribution in [0.25, 0.3) is 0 Å². The highest BCUT2D eigenvalue weighted by atomic mass is 19.3. The molecule has 0 aliphatic heterocycles. The van der Waals surface area contributed by atoms with E-state index in [-0.39, 0.29) is 0 Å². The van der Waals surface area contributed by atoms with Crippen molar-refractivity contribution in [2.45, 2.75) is 32.2 Å². The summed E-state index contributed by atoms with van der Waals surface area (Å²) in [6, 6.07) is -0.701. The Kier molecular flexibility index (Phi) is 7.29. The first kappa shape index (κ1) is 11.8. The minimum Gasteiger partial charge on any atom is -0.385 e. The molecule has 0 aliphatic rings. The SMILES string of the molecule is COCCCCNC(C)C(F)F. The van der Waals surface area contributed by atoms with Crippen LogP contribution in [0.2, 0.25) is 0 Å². The molecule has 0 saturated heterocycles. The van der Waals surface area contributed by atoms with Crippen LogP contribution in [0.3, 0.4) is 0 Å². The number of alkyl halides is 2. The van der Waals surface area contributed by atoms with E-state index in [0.717, 1.165) is 12.8 Å². The zero-order valence-corrected chi connectivity index (χ0v) is 7.65. The number of ether oxygens (including phenoxy) is 1. The first-order chi connectivity index (χ1) is 5.68. The van der Waals surface area contributed by atoms with Gasteiger partial charge in [0.05, 0.1) is 6.04 Å². The van der Waals surface area contributed by atoms with Crippen molar-refractivity contribution in [2.75, 3.05) is 20.3 Å². The summed E-state index contributed by atoms with van der Waals surface area (Å²) in [5.41, 5.74) is 0. The maximum absolute atomic E-state index is 11.9. The highest BCUT2D eigenvalue weighted by Crippen LogP contribution is 1.99. The van der Waals surface area contributed by atoms with Crippen LogP contribution in [-0.2, 0) is 4.74 Å². The molecule has 4 heteroatoms. The summed E-state index contributed by atoms with van der Waals surface area (Å²) in [7, 11) is 1.63. The van der Waals surface area contributed by atoms with Crippen molar-refractivity contribution in [3.05, 3.63) is 0 Å². The fourth-order valence-corrected chi connectivity index (χ4v) is 0.790. The molecular formula is C8H17F2NO. The molecule has 1 N–H and O–H groups in total. The van der Waals surface area contributed by atoms with Crippen LogP contribution in [0.1, 0.15) is 19.8 Å². The number of hydrogen-bond donors (Lipinski definition) is 1. The molecular weight excluding hydrogens is 164 g/mol. The third-order valence-electron chi connectivity index (χ3n) is 1.62. The topological polar surface area (TPSA) is 21.3 Å². The molecule has 0 aromatic heterocycles. The summed E-state index contributed by atoms with van der Waals surface area (Å²) in [6.45, 7) is 2.82. The zero-order valence-electron chi connectivity index (χ0n) is 7.65. The van der Waals surface area contributed by atoms with E-state index in [0.29, 0.717) is 13.2 Å². The van der Waals surface area contributed by atoms with Gasteiger partial charge in [-0.25, -0.2) is 8.78 Å². The van der Waals surface area contributed by atoms with Gasteiger partial charge in [-0.1, -0.05) is 0 Å². The number of unbranched alkanes of at least 4 members (excludes halogenated alkanes) is 1. The molecule has 0 amide bonds. The largest absolute Gasteiger partial charge is 0.385 e. The van der Waals surface area contributed by atoms with E-state index in [4.69, 9.17) is 4.74 Å². The van der Waals surface area contributed by atoms with E-state index in [9.17, 15) is 8.78 Å². The van der Waals surface area contributed by atoms with E-state index < -0.39 is 12.5 Å². The summed E-state index contributed by atoms with van der Waals surface area (Å²) in [5.74, 6) is 0. The summed E-state index contributed by atoms with van der Waals surface area (Å²) in [5, 5.41) is 2.74. The molecule has 12 heavy (non-hydrogen) atoms. The molecule has 0 heterocycles. The molecule has 0 aliphatic carbocycles. The maximum Gasteiger partial charge on any atom is 0.253 e. The van der Waals surface area contributed by atoms with Gasteiger partial charge in [0.2, 0.25) is 0 Å². The smallest absolute Gasteiger partial charge is 0.253 e. The summed E-state index contributed by atoms with van der Waals surface area (Å²) in [6.07, 6.45) is -0.475. The second kappa shape index (κ2) is 7.43. The van der Waals surface area contributed by atoms with Gasteiger partial charge in [0.15, 0.2) is 0 Å². The van der Waals surface area contributed by atoms with E-state index in [1.54, 1.807) is 7.11 Å². The van der Waals surface area contributed by atoms with E-state index >= 15 is 0 Å². The average Bonchev–Trinajstić information content (AvgIpc) is 2.03. The minimum atomic E-state index is -2.27. The summed E-state index contributed by atoms with van der Waals surface area (Å²) in [4.78, 5) is 0. The van der Waals surface area contributed by atoms with Gasteiger partial charge in [-0.05, 0) is 26.3 Å². The Balaban J connectivity index is 3.08. The van der Waals surface area contributed by atoms with Crippen molar-refractivity contribution in [3.8, 4) is 0 Å². The lowest BCUT2D eigenvalue weighted by Gasteiger charge is -2.11. The molecule has 0 saturated carbocycles. The summed E-state index contributed by atoms with van der Waals surface area (Å²) >= 11 is 0. The first-order valence-corrected chi connectivity index (χ1v) is 4.19. The number of methoxy groups -OCH3 is 1. The molecule has 2 nitrogen and oxygen atoms in total. The van der Waals surface area contributed by atoms with Crippen LogP contribution in [0, 0.1) is 0 Å². The van der Waals surface area contributed by atoms with Crippen molar-refractivity contribution in [1.29, 1.82) is 0 Å². The van der Waals surface area contributed by atoms with Crippen LogP contribution >= 0.6 is 0 Å². The molecule has 0 spiro atoms. The highest BCUT2D eigenvalue weighted by molar-refractivity contribution is 4.61. The minimum absolute atomic E-state index is 0.634. The Morgan fingerprint density at radius 1 is 1.33 bits per heavy atom. The number of hydrogen-bond acceptors (Lipinski definition) is 2. The molecule has 1 atom stereocenters. The van der Waals surface area contributed by atoms with Crippen molar-refractivity contribution >= 4 is 0 Å². The monoisotopic (exact) mass is 181 g/mol. The van der Waals surface area contributed by atoms with Crippen LogP contribution in [0.4, 0.5) is 8.78 Å². The van der Waals surface area contributed by atoms with Crippen LogP contribution in [-0.4, -0.2) is 32.7 Å². The van der Waals surface area contributed by atoms with Crippen LogP contribution in [0.5, 0.6) is 0 Å². The Morgan fingerprint density at radius 2 is 2.00 bits per heavy atom. The zero-order chi connectivity index (χ0) is 9.40. The van der Waals surface area contributed by atoms with Gasteiger partial charge < -0.3 is 10.1 Å². The predicted octanol–water partition coefficient (Wildman–Crippen LogP) is 1.66. The normalized spacial score (nSPS) is 13.8. The van der Waals surface area contributed by atoms with Crippen LogP contribution < -0.4 is 5.32 Å². The molecule has 0 fully saturated rings. The van der Waals surface area contributed by atoms with E-state index in [1.807, 2.05) is 0 Å². The lowest BCUT2D eigenvalue weighted by atomic mass is 10.3. The standard InChI is InChI=1S/C8H17F2NO/c1-7(8(9)10)11-5-3-4-6-12-2/h7-8,11H,3-6H2,1-2H3. The van der Waals surface area contributed by atoms with Crippen molar-refractivity contribution in [2.24, 2.45) is 0 Å². The number of halogens is 2. The quantitative estimate of drug-likeness (QED) is 0.603. The Labute approximate surface area is 72.3 Å². The van der Waals surface area contributed by atoms with E-state index in [2.05, 4.69) is 5.32 Å². The number of rotatable bonds is 7. The van der Waals surface area contributed by atoms with Crippen molar-refractivity contribution < 1.29 is 13.5 Å². The van der Waals surface area contributed by atoms with Gasteiger partial charge >= 0.3 is 0 Å². The van der Waals surface area contributed by atoms with Crippen molar-refractivity contribution in [1.82, 2.24) is 5.32 Å². The third kappa shape index (κ3) is 6.49. The second-order valence-electron chi connectivity index (χ2n) is 2.78. The molecule has 0 aromatic carbocycles. The lowest BCUT2D eigenvalue weighted by molar-refractivity contribution is 0.105. The maximum atomic E-state index is 11.9. The molecule has 1 unspecified atom stereocenters. The molecule has 0 rings (SSSR count). The molecule has 74 valence electrons. The van der Waals surface area contributed by atoms with Crippen molar-refractivity contribution in [3.63, 3.8) is 0 Å². The van der Waals surface area contributed by atoms with Gasteiger partial charge in [-0.2, -0.15) is 0 Å². The molecule has 0 radical (unpaired) electrons.